The number of hydrogen-bond acceptors (Lipinski definition) is 7. The first-order chi connectivity index (χ1) is 22.0. The van der Waals surface area contributed by atoms with Crippen molar-refractivity contribution in [2.75, 3.05) is 17.7 Å². The second kappa shape index (κ2) is 13.9. The van der Waals surface area contributed by atoms with Crippen molar-refractivity contribution in [3.05, 3.63) is 98.9 Å². The Morgan fingerprint density at radius 2 is 1.87 bits per heavy atom. The molecule has 0 saturated heterocycles. The fourth-order valence-corrected chi connectivity index (χ4v) is 5.30. The van der Waals surface area contributed by atoms with Gasteiger partial charge in [0.1, 0.15) is 22.5 Å². The molecule has 11 nitrogen and oxygen atoms in total. The van der Waals surface area contributed by atoms with Gasteiger partial charge in [-0.25, -0.2) is 14.2 Å². The molecule has 0 saturated carbocycles. The molecule has 46 heavy (non-hydrogen) atoms. The monoisotopic (exact) mass is 664 g/mol. The van der Waals surface area contributed by atoms with Crippen LogP contribution in [0.5, 0.6) is 0 Å². The van der Waals surface area contributed by atoms with Crippen LogP contribution in [0, 0.1) is 5.82 Å². The van der Waals surface area contributed by atoms with Crippen molar-refractivity contribution in [3.8, 4) is 11.3 Å². The first-order valence-electron chi connectivity index (χ1n) is 14.0. The summed E-state index contributed by atoms with van der Waals surface area (Å²) in [6.07, 6.45) is 2.02. The Bertz CT molecular complexity index is 1890. The van der Waals surface area contributed by atoms with Crippen molar-refractivity contribution in [3.63, 3.8) is 0 Å². The van der Waals surface area contributed by atoms with Gasteiger partial charge in [-0.1, -0.05) is 23.2 Å². The summed E-state index contributed by atoms with van der Waals surface area (Å²) in [5.74, 6) is -1.47. The molecule has 0 spiro atoms. The standard InChI is InChI=1S/C32H27Cl2FN6O5/c1-16(42)21-7-4-18(33)13-17(21)3-11-27(43)39-26-15-19-6-9-23(35)24(36-19)10-12-28(44)38-25-14-20(37-32(45)46-2)5-8-22(25)29-30(34)41-31(26)40-29/h3-9,11,13-14,26H,10,12,15H2,1-2H3,(H,37,45)(H,38,44)(H,39,43)(H,40,41)/b11-3+. The Hall–Kier alpha value is -5.07. The minimum absolute atomic E-state index is 0.00146. The number of aryl methyl sites for hydroxylation is 1. The van der Waals surface area contributed by atoms with Gasteiger partial charge in [0.15, 0.2) is 5.78 Å². The Labute approximate surface area is 272 Å². The SMILES string of the molecule is COC(=O)Nc1ccc2c(c1)NC(=O)CCc1nc(ccc1F)CC(NC(=O)/C=C/c1cc(Cl)ccc1C(C)=O)c1nc-2c(Cl)[nH]1. The third-order valence-electron chi connectivity index (χ3n) is 7.09. The molecular weight excluding hydrogens is 638 g/mol. The molecule has 3 heterocycles. The second-order valence-corrected chi connectivity index (χ2v) is 11.1. The van der Waals surface area contributed by atoms with Gasteiger partial charge >= 0.3 is 6.09 Å². The molecule has 4 N–H and O–H groups in total. The molecule has 2 aromatic carbocycles. The number of nitrogens with zero attached hydrogens (tertiary/aromatic N) is 2. The van der Waals surface area contributed by atoms with Crippen molar-refractivity contribution in [1.29, 1.82) is 0 Å². The summed E-state index contributed by atoms with van der Waals surface area (Å²) in [7, 11) is 1.22. The van der Waals surface area contributed by atoms with Crippen LogP contribution in [0.3, 0.4) is 0 Å². The Morgan fingerprint density at radius 1 is 1.07 bits per heavy atom. The minimum atomic E-state index is -0.818. The topological polar surface area (TPSA) is 155 Å². The van der Waals surface area contributed by atoms with Gasteiger partial charge < -0.3 is 20.4 Å². The normalized spacial score (nSPS) is 14.5. The van der Waals surface area contributed by atoms with Gasteiger partial charge in [0.05, 0.1) is 24.5 Å². The molecule has 1 aliphatic rings. The van der Waals surface area contributed by atoms with Gasteiger partial charge in [-0.3, -0.25) is 24.7 Å². The number of halogens is 3. The Kier molecular flexibility index (Phi) is 9.78. The molecule has 2 aromatic heterocycles. The van der Waals surface area contributed by atoms with Crippen molar-refractivity contribution in [1.82, 2.24) is 20.3 Å². The smallest absolute Gasteiger partial charge is 0.411 e. The number of anilines is 2. The highest BCUT2D eigenvalue weighted by Crippen LogP contribution is 2.35. The van der Waals surface area contributed by atoms with Crippen LogP contribution < -0.4 is 16.0 Å². The maximum absolute atomic E-state index is 14.7. The van der Waals surface area contributed by atoms with Crippen LogP contribution in [0.15, 0.2) is 54.6 Å². The fourth-order valence-electron chi connectivity index (χ4n) is 4.88. The van der Waals surface area contributed by atoms with Crippen LogP contribution in [0.2, 0.25) is 10.2 Å². The first kappa shape index (κ1) is 32.3. The van der Waals surface area contributed by atoms with Crippen LogP contribution in [0.1, 0.15) is 52.5 Å². The van der Waals surface area contributed by atoms with Gasteiger partial charge in [-0.05, 0) is 67.1 Å². The predicted molar refractivity (Wildman–Crippen MR) is 171 cm³/mol. The van der Waals surface area contributed by atoms with E-state index in [2.05, 4.69) is 35.6 Å². The van der Waals surface area contributed by atoms with Gasteiger partial charge in [0.2, 0.25) is 11.8 Å². The highest BCUT2D eigenvalue weighted by Gasteiger charge is 2.24. The Morgan fingerprint density at radius 3 is 2.63 bits per heavy atom. The van der Waals surface area contributed by atoms with E-state index >= 15 is 0 Å². The van der Waals surface area contributed by atoms with E-state index in [9.17, 15) is 23.6 Å². The summed E-state index contributed by atoms with van der Waals surface area (Å²) in [5.41, 5.74) is 2.65. The quantitative estimate of drug-likeness (QED) is 0.144. The maximum Gasteiger partial charge on any atom is 0.411 e. The molecule has 1 aliphatic heterocycles. The number of amides is 3. The van der Waals surface area contributed by atoms with Crippen LogP contribution in [0.4, 0.5) is 20.6 Å². The number of carbonyl (C=O) groups excluding carboxylic acids is 4. The van der Waals surface area contributed by atoms with Crippen molar-refractivity contribution in [2.24, 2.45) is 0 Å². The third-order valence-corrected chi connectivity index (χ3v) is 7.60. The van der Waals surface area contributed by atoms with Crippen LogP contribution in [0.25, 0.3) is 17.3 Å². The number of aromatic amines is 1. The van der Waals surface area contributed by atoms with E-state index in [1.807, 2.05) is 0 Å². The average molecular weight is 666 g/mol. The average Bonchev–Trinajstić information content (AvgIpc) is 3.40. The highest BCUT2D eigenvalue weighted by atomic mass is 35.5. The van der Waals surface area contributed by atoms with Crippen LogP contribution >= 0.6 is 23.2 Å². The number of hydrogen-bond donors (Lipinski definition) is 4. The van der Waals surface area contributed by atoms with Crippen molar-refractivity contribution >= 4 is 64.3 Å². The lowest BCUT2D eigenvalue weighted by Gasteiger charge is -2.17. The molecular formula is C32H27Cl2FN6O5. The van der Waals surface area contributed by atoms with Gasteiger partial charge in [-0.15, -0.1) is 0 Å². The van der Waals surface area contributed by atoms with E-state index in [1.54, 1.807) is 30.3 Å². The summed E-state index contributed by atoms with van der Waals surface area (Å²) < 4.78 is 19.4. The van der Waals surface area contributed by atoms with E-state index in [1.165, 1.54) is 44.4 Å². The van der Waals surface area contributed by atoms with Crippen LogP contribution in [-0.2, 0) is 27.2 Å². The number of pyridine rings is 1. The molecule has 236 valence electrons. The molecule has 0 radical (unpaired) electrons. The molecule has 14 heteroatoms. The number of nitrogens with one attached hydrogen (secondary N) is 4. The summed E-state index contributed by atoms with van der Waals surface area (Å²) in [4.78, 5) is 62.2. The number of benzene rings is 2. The van der Waals surface area contributed by atoms with E-state index in [4.69, 9.17) is 23.2 Å². The molecule has 4 bridgehead atoms. The zero-order valence-electron chi connectivity index (χ0n) is 24.5. The van der Waals surface area contributed by atoms with Gasteiger partial charge in [-0.2, -0.15) is 0 Å². The lowest BCUT2D eigenvalue weighted by atomic mass is 10.0. The summed E-state index contributed by atoms with van der Waals surface area (Å²) in [6.45, 7) is 1.41. The van der Waals surface area contributed by atoms with E-state index in [0.717, 1.165) is 0 Å². The molecule has 0 aliphatic carbocycles. The first-order valence-corrected chi connectivity index (χ1v) is 14.7. The number of carbonyl (C=O) groups is 4. The van der Waals surface area contributed by atoms with Gasteiger partial charge in [0.25, 0.3) is 0 Å². The number of Topliss-reactive ketones (excluding diaryl/α,β-unsaturated/α-hetero) is 1. The number of methoxy groups -OCH3 is 1. The summed E-state index contributed by atoms with van der Waals surface area (Å²) in [6, 6.07) is 11.4. The van der Waals surface area contributed by atoms with Crippen LogP contribution in [-0.4, -0.2) is 45.8 Å². The number of rotatable bonds is 5. The molecule has 3 amide bonds. The lowest BCUT2D eigenvalue weighted by Crippen LogP contribution is -2.29. The van der Waals surface area contributed by atoms with Gasteiger partial charge in [0, 0.05) is 52.9 Å². The number of imidazole rings is 1. The molecule has 1 atom stereocenters. The van der Waals surface area contributed by atoms with E-state index in [0.29, 0.717) is 33.1 Å². The highest BCUT2D eigenvalue weighted by molar-refractivity contribution is 6.32. The number of fused-ring (bicyclic) bond motifs is 6. The molecule has 5 rings (SSSR count). The summed E-state index contributed by atoms with van der Waals surface area (Å²) >= 11 is 12.7. The maximum atomic E-state index is 14.7. The summed E-state index contributed by atoms with van der Waals surface area (Å²) in [5, 5.41) is 8.72. The molecule has 4 aromatic rings. The van der Waals surface area contributed by atoms with Crippen molar-refractivity contribution < 1.29 is 28.3 Å². The van der Waals surface area contributed by atoms with E-state index < -0.39 is 29.8 Å². The number of ether oxygens (including phenoxy) is 1. The molecule has 1 unspecified atom stereocenters. The fraction of sp³-hybridized carbons (Fsp3) is 0.188. The zero-order chi connectivity index (χ0) is 33.0. The van der Waals surface area contributed by atoms with E-state index in [-0.39, 0.29) is 53.1 Å². The number of H-pyrrole nitrogens is 1. The van der Waals surface area contributed by atoms with Crippen molar-refractivity contribution in [2.45, 2.75) is 32.2 Å². The molecule has 0 fully saturated rings. The Balaban J connectivity index is 1.55. The lowest BCUT2D eigenvalue weighted by molar-refractivity contribution is -0.117. The largest absolute Gasteiger partial charge is 0.453 e. The minimum Gasteiger partial charge on any atom is -0.453 e. The predicted octanol–water partition coefficient (Wildman–Crippen LogP) is 6.30. The second-order valence-electron chi connectivity index (χ2n) is 10.3. The number of ketones is 1. The third kappa shape index (κ3) is 7.59. The number of aromatic nitrogens is 3. The zero-order valence-corrected chi connectivity index (χ0v) is 26.1.